The van der Waals surface area contributed by atoms with Gasteiger partial charge in [0.15, 0.2) is 0 Å². The van der Waals surface area contributed by atoms with Crippen LogP contribution in [0.2, 0.25) is 0 Å². The van der Waals surface area contributed by atoms with Crippen molar-refractivity contribution in [3.63, 3.8) is 0 Å². The zero-order chi connectivity index (χ0) is 19.3. The smallest absolute Gasteiger partial charge is 0.338 e. The molecular weight excluding hydrogens is 344 g/mol. The van der Waals surface area contributed by atoms with E-state index in [1.807, 2.05) is 18.2 Å². The second-order valence-corrected chi connectivity index (χ2v) is 7.21. The number of fused-ring (bicyclic) bond motifs is 5. The minimum absolute atomic E-state index is 0.384. The van der Waals surface area contributed by atoms with Gasteiger partial charge < -0.3 is 4.74 Å². The van der Waals surface area contributed by atoms with Crippen LogP contribution in [0.3, 0.4) is 0 Å². The number of rotatable bonds is 2. The molecule has 0 aliphatic heterocycles. The number of benzene rings is 5. The Bertz CT molecular complexity index is 1430. The molecule has 0 unspecified atom stereocenters. The van der Waals surface area contributed by atoms with Gasteiger partial charge in [0.2, 0.25) is 0 Å². The molecule has 5 aromatic carbocycles. The Kier molecular flexibility index (Phi) is 3.66. The van der Waals surface area contributed by atoms with Crippen molar-refractivity contribution in [2.24, 2.45) is 0 Å². The predicted molar refractivity (Wildman–Crippen MR) is 117 cm³/mol. The predicted octanol–water partition coefficient (Wildman–Crippen LogP) is 6.78. The molecule has 0 saturated heterocycles. The highest BCUT2D eigenvalue weighted by molar-refractivity contribution is 6.16. The molecular formula is C26H18O2. The summed E-state index contributed by atoms with van der Waals surface area (Å²) in [4.78, 5) is 12.1. The van der Waals surface area contributed by atoms with Crippen LogP contribution in [-0.4, -0.2) is 5.97 Å². The lowest BCUT2D eigenvalue weighted by Crippen LogP contribution is -2.08. The Morgan fingerprint density at radius 3 is 1.96 bits per heavy atom. The van der Waals surface area contributed by atoms with Gasteiger partial charge in [-0.15, -0.1) is 0 Å². The molecule has 2 nitrogen and oxygen atoms in total. The summed E-state index contributed by atoms with van der Waals surface area (Å²) >= 11 is 0. The van der Waals surface area contributed by atoms with Gasteiger partial charge in [0, 0.05) is 11.0 Å². The Labute approximate surface area is 162 Å². The van der Waals surface area contributed by atoms with Gasteiger partial charge in [-0.2, -0.15) is 0 Å². The fraction of sp³-hybridized carbons (Fsp3) is 0.0385. The third-order valence-electron chi connectivity index (χ3n) is 5.21. The number of ether oxygens (including phenoxy) is 1. The molecule has 5 aromatic rings. The molecule has 0 saturated carbocycles. The maximum absolute atomic E-state index is 12.1. The highest BCUT2D eigenvalue weighted by Gasteiger charge is 2.11. The summed E-state index contributed by atoms with van der Waals surface area (Å²) in [5, 5.41) is 9.11. The molecule has 0 aliphatic carbocycles. The van der Waals surface area contributed by atoms with E-state index >= 15 is 0 Å². The van der Waals surface area contributed by atoms with Crippen LogP contribution < -0.4 is 4.74 Å². The van der Waals surface area contributed by atoms with Crippen molar-refractivity contribution < 1.29 is 9.53 Å². The molecule has 5 rings (SSSR count). The lowest BCUT2D eigenvalue weighted by atomic mass is 9.96. The van der Waals surface area contributed by atoms with Crippen LogP contribution in [-0.2, 0) is 4.79 Å². The summed E-state index contributed by atoms with van der Waals surface area (Å²) in [5.41, 5.74) is 0.384. The second-order valence-electron chi connectivity index (χ2n) is 7.21. The van der Waals surface area contributed by atoms with E-state index in [1.54, 1.807) is 6.92 Å². The number of carbonyl (C=O) groups excluding carboxylic acids is 1. The molecule has 0 aliphatic rings. The Morgan fingerprint density at radius 2 is 1.25 bits per heavy atom. The molecule has 134 valence electrons. The zero-order valence-electron chi connectivity index (χ0n) is 15.5. The van der Waals surface area contributed by atoms with E-state index in [2.05, 4.69) is 67.2 Å². The summed E-state index contributed by atoms with van der Waals surface area (Å²) in [6.45, 7) is 5.33. The number of hydrogen-bond acceptors (Lipinski definition) is 2. The van der Waals surface area contributed by atoms with Gasteiger partial charge in [0.05, 0.1) is 0 Å². The van der Waals surface area contributed by atoms with Crippen LogP contribution in [0.1, 0.15) is 6.92 Å². The lowest BCUT2D eigenvalue weighted by molar-refractivity contribution is -0.129. The van der Waals surface area contributed by atoms with E-state index in [-0.39, 0.29) is 0 Å². The monoisotopic (exact) mass is 362 g/mol. The van der Waals surface area contributed by atoms with Crippen molar-refractivity contribution in [1.82, 2.24) is 0 Å². The van der Waals surface area contributed by atoms with Crippen molar-refractivity contribution in [2.75, 3.05) is 0 Å². The Hall–Kier alpha value is -3.65. The van der Waals surface area contributed by atoms with Gasteiger partial charge in [-0.3, -0.25) is 0 Å². The van der Waals surface area contributed by atoms with Crippen molar-refractivity contribution in [3.8, 4) is 5.75 Å². The molecule has 0 aromatic heterocycles. The highest BCUT2D eigenvalue weighted by Crippen LogP contribution is 2.35. The number of carbonyl (C=O) groups is 1. The van der Waals surface area contributed by atoms with Gasteiger partial charge in [0.25, 0.3) is 0 Å². The molecule has 0 bridgehead atoms. The SMILES string of the molecule is C=C(C)C(=O)Oc1cccc2cc3ccc4cc5ccccc5cc4c3cc12. The Morgan fingerprint density at radius 1 is 0.679 bits per heavy atom. The van der Waals surface area contributed by atoms with Crippen LogP contribution in [0.15, 0.2) is 91.0 Å². The van der Waals surface area contributed by atoms with E-state index < -0.39 is 5.97 Å². The topological polar surface area (TPSA) is 26.3 Å². The molecule has 28 heavy (non-hydrogen) atoms. The largest absolute Gasteiger partial charge is 0.423 e. The molecule has 0 heterocycles. The summed E-state index contributed by atoms with van der Waals surface area (Å²) in [6.07, 6.45) is 0. The van der Waals surface area contributed by atoms with Crippen LogP contribution in [0.4, 0.5) is 0 Å². The third-order valence-corrected chi connectivity index (χ3v) is 5.21. The molecule has 0 atom stereocenters. The molecule has 0 radical (unpaired) electrons. The van der Waals surface area contributed by atoms with Gasteiger partial charge in [0.1, 0.15) is 5.75 Å². The maximum Gasteiger partial charge on any atom is 0.338 e. The fourth-order valence-corrected chi connectivity index (χ4v) is 3.77. The summed E-state index contributed by atoms with van der Waals surface area (Å²) in [7, 11) is 0. The first-order valence-electron chi connectivity index (χ1n) is 9.26. The van der Waals surface area contributed by atoms with Crippen molar-refractivity contribution >= 4 is 49.1 Å². The summed E-state index contributed by atoms with van der Waals surface area (Å²) in [6, 6.07) is 27.2. The third kappa shape index (κ3) is 2.62. The van der Waals surface area contributed by atoms with Gasteiger partial charge in [-0.25, -0.2) is 4.79 Å². The second kappa shape index (κ2) is 6.21. The first-order valence-corrected chi connectivity index (χ1v) is 9.26. The van der Waals surface area contributed by atoms with Gasteiger partial charge >= 0.3 is 5.97 Å². The molecule has 0 amide bonds. The van der Waals surface area contributed by atoms with E-state index in [0.717, 1.165) is 16.2 Å². The number of hydrogen-bond donors (Lipinski definition) is 0. The first kappa shape index (κ1) is 16.5. The quantitative estimate of drug-likeness (QED) is 0.114. The lowest BCUT2D eigenvalue weighted by Gasteiger charge is -2.11. The fourth-order valence-electron chi connectivity index (χ4n) is 3.77. The van der Waals surface area contributed by atoms with E-state index in [0.29, 0.717) is 11.3 Å². The zero-order valence-corrected chi connectivity index (χ0v) is 15.5. The standard InChI is InChI=1S/C26H18O2/c1-16(2)26(27)28-25-9-5-8-19-13-21-11-10-20-12-17-6-3-4-7-18(17)14-22(20)23(21)15-24(19)25/h3-15H,1H2,2H3. The Balaban J connectivity index is 1.83. The minimum atomic E-state index is -0.406. The molecule has 0 fully saturated rings. The van der Waals surface area contributed by atoms with Crippen LogP contribution in [0.25, 0.3) is 43.1 Å². The normalized spacial score (nSPS) is 11.3. The number of esters is 1. The van der Waals surface area contributed by atoms with E-state index in [9.17, 15) is 4.79 Å². The molecule has 0 N–H and O–H groups in total. The van der Waals surface area contributed by atoms with Crippen LogP contribution in [0.5, 0.6) is 5.75 Å². The summed E-state index contributed by atoms with van der Waals surface area (Å²) < 4.78 is 5.58. The first-order chi connectivity index (χ1) is 13.6. The maximum atomic E-state index is 12.1. The highest BCUT2D eigenvalue weighted by atomic mass is 16.5. The average Bonchev–Trinajstić information content (AvgIpc) is 2.71. The van der Waals surface area contributed by atoms with Crippen molar-refractivity contribution in [3.05, 3.63) is 91.0 Å². The molecule has 0 spiro atoms. The van der Waals surface area contributed by atoms with Gasteiger partial charge in [-0.1, -0.05) is 55.1 Å². The van der Waals surface area contributed by atoms with E-state index in [1.165, 1.54) is 26.9 Å². The van der Waals surface area contributed by atoms with Crippen molar-refractivity contribution in [2.45, 2.75) is 6.92 Å². The molecule has 2 heteroatoms. The minimum Gasteiger partial charge on any atom is -0.423 e. The average molecular weight is 362 g/mol. The van der Waals surface area contributed by atoms with E-state index in [4.69, 9.17) is 4.74 Å². The van der Waals surface area contributed by atoms with Crippen LogP contribution in [0, 0.1) is 0 Å². The van der Waals surface area contributed by atoms with Crippen molar-refractivity contribution in [1.29, 1.82) is 0 Å². The van der Waals surface area contributed by atoms with Gasteiger partial charge in [-0.05, 0) is 75.0 Å². The van der Waals surface area contributed by atoms with Crippen LogP contribution >= 0.6 is 0 Å². The summed E-state index contributed by atoms with van der Waals surface area (Å²) in [5.74, 6) is 0.154.